The second-order valence-corrected chi connectivity index (χ2v) is 7.32. The van der Waals surface area contributed by atoms with Gasteiger partial charge in [-0.25, -0.2) is 8.78 Å². The first-order valence-corrected chi connectivity index (χ1v) is 9.64. The van der Waals surface area contributed by atoms with Gasteiger partial charge in [-0.3, -0.25) is 4.79 Å². The Hall–Kier alpha value is -2.44. The summed E-state index contributed by atoms with van der Waals surface area (Å²) in [6, 6.07) is 9.76. The van der Waals surface area contributed by atoms with E-state index >= 15 is 0 Å². The number of carboxylic acid groups (broad SMARTS) is 1. The fourth-order valence-electron chi connectivity index (χ4n) is 3.18. The summed E-state index contributed by atoms with van der Waals surface area (Å²) in [7, 11) is 0. The quantitative estimate of drug-likeness (QED) is 0.610. The molecule has 0 saturated carbocycles. The SMILES string of the molecule is O=C(O)CCc1cc(F)c(OCC2=C(Cc3ccc(Cl)cc3)CCOC2)c(F)c1. The van der Waals surface area contributed by atoms with Gasteiger partial charge in [0.15, 0.2) is 17.4 Å². The van der Waals surface area contributed by atoms with Crippen molar-refractivity contribution in [2.75, 3.05) is 19.8 Å². The molecule has 0 aromatic heterocycles. The van der Waals surface area contributed by atoms with Crippen molar-refractivity contribution in [3.05, 3.63) is 75.3 Å². The summed E-state index contributed by atoms with van der Waals surface area (Å²) in [5.74, 6) is -3.18. The third kappa shape index (κ3) is 6.02. The Morgan fingerprint density at radius 1 is 1.10 bits per heavy atom. The second kappa shape index (κ2) is 9.85. The van der Waals surface area contributed by atoms with Crippen molar-refractivity contribution in [3.63, 3.8) is 0 Å². The number of benzene rings is 2. The van der Waals surface area contributed by atoms with E-state index in [2.05, 4.69) is 0 Å². The molecule has 1 aliphatic rings. The third-order valence-corrected chi connectivity index (χ3v) is 4.98. The predicted molar refractivity (Wildman–Crippen MR) is 105 cm³/mol. The molecular weight excluding hydrogens is 402 g/mol. The molecule has 2 aromatic carbocycles. The highest BCUT2D eigenvalue weighted by molar-refractivity contribution is 6.30. The first-order valence-electron chi connectivity index (χ1n) is 9.27. The number of rotatable bonds is 8. The number of aliphatic carboxylic acids is 1. The van der Waals surface area contributed by atoms with Crippen LogP contribution in [0.5, 0.6) is 5.75 Å². The molecule has 0 unspecified atom stereocenters. The van der Waals surface area contributed by atoms with Gasteiger partial charge in [0.25, 0.3) is 0 Å². The number of halogens is 3. The average Bonchev–Trinajstić information content (AvgIpc) is 2.68. The van der Waals surface area contributed by atoms with Crippen molar-refractivity contribution in [1.29, 1.82) is 0 Å². The van der Waals surface area contributed by atoms with Crippen molar-refractivity contribution in [3.8, 4) is 5.75 Å². The minimum Gasteiger partial charge on any atom is -0.483 e. The normalized spacial score (nSPS) is 14.2. The Morgan fingerprint density at radius 2 is 1.79 bits per heavy atom. The first kappa shape index (κ1) is 21.3. The molecule has 0 radical (unpaired) electrons. The summed E-state index contributed by atoms with van der Waals surface area (Å²) in [4.78, 5) is 10.6. The summed E-state index contributed by atoms with van der Waals surface area (Å²) in [6.07, 6.45) is 1.27. The van der Waals surface area contributed by atoms with E-state index in [1.54, 1.807) is 0 Å². The van der Waals surface area contributed by atoms with Crippen molar-refractivity contribution in [2.24, 2.45) is 0 Å². The molecular formula is C22H21ClF2O4. The zero-order chi connectivity index (χ0) is 20.8. The molecule has 0 atom stereocenters. The molecule has 0 bridgehead atoms. The van der Waals surface area contributed by atoms with Crippen LogP contribution in [-0.2, 0) is 22.4 Å². The summed E-state index contributed by atoms with van der Waals surface area (Å²) in [5, 5.41) is 9.37. The largest absolute Gasteiger partial charge is 0.483 e. The van der Waals surface area contributed by atoms with Gasteiger partial charge in [-0.2, -0.15) is 0 Å². The number of carbonyl (C=O) groups is 1. The van der Waals surface area contributed by atoms with Crippen LogP contribution in [0.25, 0.3) is 0 Å². The van der Waals surface area contributed by atoms with Crippen LogP contribution in [0.4, 0.5) is 8.78 Å². The highest BCUT2D eigenvalue weighted by atomic mass is 35.5. The van der Waals surface area contributed by atoms with E-state index in [9.17, 15) is 13.6 Å². The topological polar surface area (TPSA) is 55.8 Å². The van der Waals surface area contributed by atoms with Gasteiger partial charge >= 0.3 is 5.97 Å². The molecule has 29 heavy (non-hydrogen) atoms. The van der Waals surface area contributed by atoms with Crippen LogP contribution in [0.15, 0.2) is 47.5 Å². The standard InChI is InChI=1S/C22H21ClF2O4/c23-18-4-1-14(2-5-18)9-16-7-8-28-12-17(16)13-29-22-19(24)10-15(11-20(22)25)3-6-21(26)27/h1-2,4-5,10-11H,3,6-9,12-13H2,(H,26,27). The van der Waals surface area contributed by atoms with Gasteiger partial charge in [-0.05, 0) is 60.2 Å². The number of ether oxygens (including phenoxy) is 2. The average molecular weight is 423 g/mol. The smallest absolute Gasteiger partial charge is 0.303 e. The highest BCUT2D eigenvalue weighted by Crippen LogP contribution is 2.27. The van der Waals surface area contributed by atoms with Crippen LogP contribution in [0.3, 0.4) is 0 Å². The number of hydrogen-bond acceptors (Lipinski definition) is 3. The van der Waals surface area contributed by atoms with Crippen LogP contribution in [0.1, 0.15) is 24.0 Å². The number of hydrogen-bond donors (Lipinski definition) is 1. The molecule has 0 fully saturated rings. The van der Waals surface area contributed by atoms with Gasteiger partial charge in [0, 0.05) is 11.4 Å². The lowest BCUT2D eigenvalue weighted by molar-refractivity contribution is -0.136. The zero-order valence-corrected chi connectivity index (χ0v) is 16.5. The van der Waals surface area contributed by atoms with E-state index in [-0.39, 0.29) is 25.0 Å². The predicted octanol–water partition coefficient (Wildman–Crippen LogP) is 4.97. The van der Waals surface area contributed by atoms with Gasteiger partial charge in [-0.15, -0.1) is 0 Å². The highest BCUT2D eigenvalue weighted by Gasteiger charge is 2.18. The third-order valence-electron chi connectivity index (χ3n) is 4.73. The Morgan fingerprint density at radius 3 is 2.45 bits per heavy atom. The molecule has 0 spiro atoms. The zero-order valence-electron chi connectivity index (χ0n) is 15.7. The minimum absolute atomic E-state index is 0.0191. The van der Waals surface area contributed by atoms with Crippen molar-refractivity contribution in [2.45, 2.75) is 25.7 Å². The van der Waals surface area contributed by atoms with Crippen LogP contribution < -0.4 is 4.74 Å². The van der Waals surface area contributed by atoms with Gasteiger partial charge in [0.05, 0.1) is 13.2 Å². The van der Waals surface area contributed by atoms with Crippen LogP contribution in [0, 0.1) is 11.6 Å². The van der Waals surface area contributed by atoms with Crippen LogP contribution >= 0.6 is 11.6 Å². The summed E-state index contributed by atoms with van der Waals surface area (Å²) in [5.41, 5.74) is 3.35. The molecule has 7 heteroatoms. The summed E-state index contributed by atoms with van der Waals surface area (Å²) in [6.45, 7) is 0.960. The van der Waals surface area contributed by atoms with Gasteiger partial charge in [0.2, 0.25) is 0 Å². The second-order valence-electron chi connectivity index (χ2n) is 6.88. The molecule has 1 heterocycles. The Kier molecular flexibility index (Phi) is 7.23. The maximum atomic E-state index is 14.3. The van der Waals surface area contributed by atoms with Crippen molar-refractivity contribution in [1.82, 2.24) is 0 Å². The van der Waals surface area contributed by atoms with E-state index in [0.717, 1.165) is 35.3 Å². The van der Waals surface area contributed by atoms with Crippen LogP contribution in [-0.4, -0.2) is 30.9 Å². The fourth-order valence-corrected chi connectivity index (χ4v) is 3.31. The molecule has 4 nitrogen and oxygen atoms in total. The van der Waals surface area contributed by atoms with Crippen LogP contribution in [0.2, 0.25) is 5.02 Å². The summed E-state index contributed by atoms with van der Waals surface area (Å²) < 4.78 is 39.5. The van der Waals surface area contributed by atoms with Gasteiger partial charge in [0.1, 0.15) is 6.61 Å². The fraction of sp³-hybridized carbons (Fsp3) is 0.318. The molecule has 0 amide bonds. The maximum absolute atomic E-state index is 14.3. The molecule has 0 aliphatic carbocycles. The lowest BCUT2D eigenvalue weighted by Gasteiger charge is -2.22. The molecule has 0 saturated heterocycles. The van der Waals surface area contributed by atoms with Gasteiger partial charge < -0.3 is 14.6 Å². The van der Waals surface area contributed by atoms with Crippen molar-refractivity contribution >= 4 is 17.6 Å². The Bertz CT molecular complexity index is 887. The number of carboxylic acids is 1. The molecule has 1 N–H and O–H groups in total. The minimum atomic E-state index is -1.02. The lowest BCUT2D eigenvalue weighted by Crippen LogP contribution is -2.18. The molecule has 2 aromatic rings. The van der Waals surface area contributed by atoms with Crippen molar-refractivity contribution < 1.29 is 28.2 Å². The number of aryl methyl sites for hydroxylation is 1. The van der Waals surface area contributed by atoms with E-state index in [0.29, 0.717) is 24.7 Å². The molecule has 1 aliphatic heterocycles. The summed E-state index contributed by atoms with van der Waals surface area (Å²) >= 11 is 5.92. The molecule has 3 rings (SSSR count). The van der Waals surface area contributed by atoms with E-state index in [1.807, 2.05) is 24.3 Å². The molecule has 154 valence electrons. The van der Waals surface area contributed by atoms with E-state index in [1.165, 1.54) is 0 Å². The van der Waals surface area contributed by atoms with E-state index < -0.39 is 23.4 Å². The monoisotopic (exact) mass is 422 g/mol. The first-order chi connectivity index (χ1) is 13.9. The maximum Gasteiger partial charge on any atom is 0.303 e. The Balaban J connectivity index is 1.71. The Labute approximate surface area is 172 Å². The lowest BCUT2D eigenvalue weighted by atomic mass is 9.96. The van der Waals surface area contributed by atoms with Gasteiger partial charge in [-0.1, -0.05) is 29.3 Å². The van der Waals surface area contributed by atoms with E-state index in [4.69, 9.17) is 26.2 Å².